The smallest absolute Gasteiger partial charge is 0.341 e. The highest BCUT2D eigenvalue weighted by atomic mass is 19.3. The van der Waals surface area contributed by atoms with Gasteiger partial charge in [0.15, 0.2) is 6.17 Å². The summed E-state index contributed by atoms with van der Waals surface area (Å²) in [6.07, 6.45) is -5.93. The van der Waals surface area contributed by atoms with Crippen molar-refractivity contribution in [1.82, 2.24) is 0 Å². The number of esters is 1. The summed E-state index contributed by atoms with van der Waals surface area (Å²) in [5, 5.41) is 9.43. The molecule has 0 heterocycles. The van der Waals surface area contributed by atoms with Crippen LogP contribution in [0.25, 0.3) is 0 Å². The molecule has 0 amide bonds. The first-order chi connectivity index (χ1) is 12.6. The lowest BCUT2D eigenvalue weighted by atomic mass is 9.40. The zero-order valence-electron chi connectivity index (χ0n) is 13.0. The Hall–Kier alpha value is -1.74. The van der Waals surface area contributed by atoms with Gasteiger partial charge in [0.05, 0.1) is 0 Å². The Morgan fingerprint density at radius 1 is 0.759 bits per heavy atom. The van der Waals surface area contributed by atoms with Gasteiger partial charge in [0.1, 0.15) is 0 Å². The maximum absolute atomic E-state index is 14.7. The molecule has 0 saturated heterocycles. The SMILES string of the molecule is C=CC(=O)OC12C(F)C3(O)C(F)(F)C(F)(C1(F)F)C(F)(F)C(F)(C3(F)F)C2(F)F. The average molecular weight is 456 g/mol. The van der Waals surface area contributed by atoms with Crippen molar-refractivity contribution in [3.63, 3.8) is 0 Å². The highest BCUT2D eigenvalue weighted by Gasteiger charge is 3.19. The van der Waals surface area contributed by atoms with E-state index in [2.05, 4.69) is 11.3 Å². The molecule has 29 heavy (non-hydrogen) atoms. The molecule has 4 rings (SSSR count). The molecule has 0 aromatic carbocycles. The van der Waals surface area contributed by atoms with Crippen LogP contribution in [0.1, 0.15) is 0 Å². The second-order valence-electron chi connectivity index (χ2n) is 6.68. The minimum atomic E-state index is -7.64. The van der Waals surface area contributed by atoms with Crippen molar-refractivity contribution in [3.05, 3.63) is 12.7 Å². The van der Waals surface area contributed by atoms with Gasteiger partial charge >= 0.3 is 46.9 Å². The molecule has 4 aliphatic rings. The van der Waals surface area contributed by atoms with E-state index in [1.807, 2.05) is 0 Å². The Morgan fingerprint density at radius 3 is 1.41 bits per heavy atom. The number of hydrogen-bond acceptors (Lipinski definition) is 3. The summed E-state index contributed by atoms with van der Waals surface area (Å²) < 4.78 is 190. The topological polar surface area (TPSA) is 46.5 Å². The molecule has 3 atom stereocenters. The average Bonchev–Trinajstić information content (AvgIpc) is 2.58. The Balaban J connectivity index is 2.64. The third kappa shape index (κ3) is 1.34. The number of ether oxygens (including phenoxy) is 1. The molecule has 4 saturated carbocycles. The fraction of sp³-hybridized carbons (Fsp3) is 0.769. The summed E-state index contributed by atoms with van der Waals surface area (Å²) in [5.74, 6) is -39.4. The monoisotopic (exact) mass is 456 g/mol. The fourth-order valence-electron chi connectivity index (χ4n) is 4.16. The van der Waals surface area contributed by atoms with Crippen molar-refractivity contribution >= 4 is 5.97 Å². The summed E-state index contributed by atoms with van der Waals surface area (Å²) in [6.45, 7) is 2.44. The van der Waals surface area contributed by atoms with Gasteiger partial charge in [0.25, 0.3) is 5.60 Å². The molecular weight excluding hydrogens is 451 g/mol. The van der Waals surface area contributed by atoms with Crippen LogP contribution < -0.4 is 0 Å². The van der Waals surface area contributed by atoms with Crippen molar-refractivity contribution in [2.45, 2.75) is 58.3 Å². The quantitative estimate of drug-likeness (QED) is 0.395. The van der Waals surface area contributed by atoms with Gasteiger partial charge in [-0.2, -0.15) is 43.9 Å². The van der Waals surface area contributed by atoms with E-state index >= 15 is 0 Å². The molecule has 3 nitrogen and oxygen atoms in total. The van der Waals surface area contributed by atoms with Crippen LogP contribution >= 0.6 is 0 Å². The maximum atomic E-state index is 14.7. The fourth-order valence-corrected chi connectivity index (χ4v) is 4.16. The van der Waals surface area contributed by atoms with Crippen molar-refractivity contribution in [1.29, 1.82) is 0 Å². The van der Waals surface area contributed by atoms with Gasteiger partial charge in [-0.05, 0) is 0 Å². The molecule has 4 fully saturated rings. The van der Waals surface area contributed by atoms with E-state index in [1.54, 1.807) is 0 Å². The molecule has 0 radical (unpaired) electrons. The van der Waals surface area contributed by atoms with E-state index in [4.69, 9.17) is 0 Å². The lowest BCUT2D eigenvalue weighted by Crippen LogP contribution is -3.08. The van der Waals surface area contributed by atoms with Crippen LogP contribution in [0, 0.1) is 0 Å². The summed E-state index contributed by atoms with van der Waals surface area (Å²) in [4.78, 5) is 11.2. The first-order valence-electron chi connectivity index (χ1n) is 7.10. The van der Waals surface area contributed by atoms with E-state index < -0.39 is 64.3 Å². The molecule has 16 heteroatoms. The summed E-state index contributed by atoms with van der Waals surface area (Å²) in [6, 6.07) is 0. The van der Waals surface area contributed by atoms with Crippen LogP contribution in [0.2, 0.25) is 0 Å². The van der Waals surface area contributed by atoms with Crippen LogP contribution in [0.5, 0.6) is 0 Å². The lowest BCUT2D eigenvalue weighted by Gasteiger charge is -2.73. The van der Waals surface area contributed by atoms with Gasteiger partial charge in [-0.3, -0.25) is 0 Å². The van der Waals surface area contributed by atoms with Gasteiger partial charge in [-0.15, -0.1) is 0 Å². The predicted octanol–water partition coefficient (Wildman–Crippen LogP) is 3.16. The maximum Gasteiger partial charge on any atom is 0.341 e. The van der Waals surface area contributed by atoms with Crippen molar-refractivity contribution in [2.24, 2.45) is 0 Å². The van der Waals surface area contributed by atoms with Crippen molar-refractivity contribution < 1.29 is 71.7 Å². The summed E-state index contributed by atoms with van der Waals surface area (Å²) >= 11 is 0. The highest BCUT2D eigenvalue weighted by molar-refractivity contribution is 5.82. The van der Waals surface area contributed by atoms with Crippen LogP contribution in [-0.4, -0.2) is 69.4 Å². The van der Waals surface area contributed by atoms with E-state index in [0.29, 0.717) is 0 Å². The number of alkyl halides is 13. The minimum absolute atomic E-state index is 0.369. The molecule has 166 valence electrons. The zero-order valence-corrected chi connectivity index (χ0v) is 13.0. The molecular formula is C13H5F13O3. The van der Waals surface area contributed by atoms with Gasteiger partial charge in [0, 0.05) is 6.08 Å². The third-order valence-corrected chi connectivity index (χ3v) is 5.64. The van der Waals surface area contributed by atoms with Gasteiger partial charge in [-0.25, -0.2) is 18.0 Å². The molecule has 0 spiro atoms. The number of aliphatic hydroxyl groups is 1. The second kappa shape index (κ2) is 4.61. The van der Waals surface area contributed by atoms with E-state index in [1.165, 1.54) is 0 Å². The number of carbonyl (C=O) groups excluding carboxylic acids is 1. The standard InChI is InChI=1S/C13H5F13O3/c1-2-3(27)29-6-4(14)5(28)9(17,18)7(15,11(6,21)22)13(25,26)8(16,10(5,19)20)12(6,23)24/h2,4,28H,1H2. The molecule has 3 unspecified atom stereocenters. The first kappa shape index (κ1) is 22.0. The van der Waals surface area contributed by atoms with Gasteiger partial charge < -0.3 is 9.84 Å². The first-order valence-corrected chi connectivity index (χ1v) is 7.10. The third-order valence-electron chi connectivity index (χ3n) is 5.64. The number of carbonyl (C=O) groups is 1. The lowest BCUT2D eigenvalue weighted by molar-refractivity contribution is -0.595. The van der Waals surface area contributed by atoms with Gasteiger partial charge in [-0.1, -0.05) is 6.58 Å². The predicted molar refractivity (Wildman–Crippen MR) is 61.3 cm³/mol. The Kier molecular flexibility index (Phi) is 3.49. The molecule has 0 aromatic rings. The minimum Gasteiger partial charge on any atom is -0.439 e. The van der Waals surface area contributed by atoms with Crippen LogP contribution in [-0.2, 0) is 9.53 Å². The normalized spacial score (nSPS) is 49.5. The zero-order chi connectivity index (χ0) is 23.1. The van der Waals surface area contributed by atoms with Crippen molar-refractivity contribution in [2.75, 3.05) is 0 Å². The van der Waals surface area contributed by atoms with Crippen LogP contribution in [0.4, 0.5) is 57.1 Å². The molecule has 4 aliphatic carbocycles. The van der Waals surface area contributed by atoms with Gasteiger partial charge in [0.2, 0.25) is 5.60 Å². The number of rotatable bonds is 2. The van der Waals surface area contributed by atoms with Crippen LogP contribution in [0.3, 0.4) is 0 Å². The Labute approximate surface area is 150 Å². The second-order valence-corrected chi connectivity index (χ2v) is 6.68. The highest BCUT2D eigenvalue weighted by Crippen LogP contribution is 2.85. The van der Waals surface area contributed by atoms with E-state index in [0.717, 1.165) is 0 Å². The number of halogens is 13. The molecule has 0 aliphatic heterocycles. The largest absolute Gasteiger partial charge is 0.439 e. The van der Waals surface area contributed by atoms with Crippen molar-refractivity contribution in [3.8, 4) is 0 Å². The summed E-state index contributed by atoms with van der Waals surface area (Å²) in [7, 11) is 0. The number of hydrogen-bond donors (Lipinski definition) is 1. The van der Waals surface area contributed by atoms with Crippen LogP contribution in [0.15, 0.2) is 12.7 Å². The Bertz CT molecular complexity index is 779. The summed E-state index contributed by atoms with van der Waals surface area (Å²) in [5.41, 5.74) is -27.7. The Morgan fingerprint density at radius 2 is 1.10 bits per heavy atom. The molecule has 0 aromatic heterocycles. The molecule has 4 bridgehead atoms. The van der Waals surface area contributed by atoms with E-state index in [-0.39, 0.29) is 6.08 Å². The molecule has 1 N–H and O–H groups in total. The van der Waals surface area contributed by atoms with E-state index in [9.17, 15) is 67.0 Å².